The molecule has 0 fully saturated rings. The molecule has 0 atom stereocenters. The first-order valence-electron chi connectivity index (χ1n) is 2.71. The van der Waals surface area contributed by atoms with Gasteiger partial charge < -0.3 is 4.74 Å². The summed E-state index contributed by atoms with van der Waals surface area (Å²) < 4.78 is 4.42. The number of ether oxygens (including phenoxy) is 1. The van der Waals surface area contributed by atoms with Crippen LogP contribution in [0.3, 0.4) is 0 Å². The molecule has 0 bridgehead atoms. The fourth-order valence-corrected chi connectivity index (χ4v) is 1.22. The predicted octanol–water partition coefficient (Wildman–Crippen LogP) is 0.801. The zero-order chi connectivity index (χ0) is 8.27. The highest BCUT2D eigenvalue weighted by atomic mass is 32.1. The second-order valence-electron chi connectivity index (χ2n) is 1.63. The van der Waals surface area contributed by atoms with Crippen LogP contribution in [-0.4, -0.2) is 18.1 Å². The maximum atomic E-state index is 10.9. The molecule has 1 heterocycles. The summed E-state index contributed by atoms with van der Waals surface area (Å²) in [7, 11) is 1.27. The number of hydrogen-bond donors (Lipinski definition) is 0. The van der Waals surface area contributed by atoms with Crippen molar-refractivity contribution in [1.82, 2.24) is 4.98 Å². The second-order valence-corrected chi connectivity index (χ2v) is 2.49. The van der Waals surface area contributed by atoms with E-state index in [9.17, 15) is 4.79 Å². The number of aromatic nitrogens is 1. The fourth-order valence-electron chi connectivity index (χ4n) is 0.563. The van der Waals surface area contributed by atoms with E-state index in [0.29, 0.717) is 0 Å². The lowest BCUT2D eigenvalue weighted by Gasteiger charge is -1.91. The Bertz CT molecular complexity index is 313. The average Bonchev–Trinajstić information content (AvgIpc) is 2.50. The van der Waals surface area contributed by atoms with Crippen molar-refractivity contribution in [2.75, 3.05) is 7.11 Å². The summed E-state index contributed by atoms with van der Waals surface area (Å²) in [6.07, 6.45) is 0. The van der Waals surface area contributed by atoms with Crippen LogP contribution in [0.2, 0.25) is 0 Å². The zero-order valence-corrected chi connectivity index (χ0v) is 6.51. The molecule has 0 spiro atoms. The number of rotatable bonds is 1. The number of nitrogens with zero attached hydrogens (tertiary/aromatic N) is 2. The number of esters is 1. The van der Waals surface area contributed by atoms with E-state index in [1.807, 2.05) is 0 Å². The van der Waals surface area contributed by atoms with Crippen LogP contribution < -0.4 is 0 Å². The molecule has 1 aromatic heterocycles. The van der Waals surface area contributed by atoms with Crippen molar-refractivity contribution in [1.29, 1.82) is 5.26 Å². The number of nitriles is 1. The summed E-state index contributed by atoms with van der Waals surface area (Å²) in [5.41, 5.74) is 1.56. The lowest BCUT2D eigenvalue weighted by molar-refractivity contribution is 0.0605. The molecule has 0 amide bonds. The van der Waals surface area contributed by atoms with Gasteiger partial charge in [0.25, 0.3) is 0 Å². The van der Waals surface area contributed by atoms with Gasteiger partial charge in [0.05, 0.1) is 12.6 Å². The predicted molar refractivity (Wildman–Crippen MR) is 38.2 cm³/mol. The van der Waals surface area contributed by atoms with Crippen LogP contribution >= 0.6 is 11.3 Å². The normalized spacial score (nSPS) is 8.73. The van der Waals surface area contributed by atoms with Gasteiger partial charge in [-0.05, 0) is 0 Å². The molecule has 0 aliphatic heterocycles. The minimum Gasteiger partial charge on any atom is -0.465 e. The number of methoxy groups -OCH3 is 1. The molecular formula is C6H4N2O2S. The van der Waals surface area contributed by atoms with E-state index < -0.39 is 5.97 Å². The standard InChI is InChI=1S/C6H4N2O2S/c1-10-6(9)5-4(2-7)8-3-11-5/h3H,1H3. The summed E-state index contributed by atoms with van der Waals surface area (Å²) in [6.45, 7) is 0. The number of hydrogen-bond acceptors (Lipinski definition) is 5. The molecule has 0 aliphatic carbocycles. The highest BCUT2D eigenvalue weighted by molar-refractivity contribution is 7.11. The molecule has 0 saturated heterocycles. The number of carbonyl (C=O) groups excluding carboxylic acids is 1. The van der Waals surface area contributed by atoms with Crippen LogP contribution in [0.1, 0.15) is 15.4 Å². The van der Waals surface area contributed by atoms with Crippen LogP contribution in [0, 0.1) is 11.3 Å². The Morgan fingerprint density at radius 3 is 3.18 bits per heavy atom. The third kappa shape index (κ3) is 1.36. The van der Waals surface area contributed by atoms with Gasteiger partial charge in [-0.15, -0.1) is 11.3 Å². The van der Waals surface area contributed by atoms with Crippen molar-refractivity contribution < 1.29 is 9.53 Å². The van der Waals surface area contributed by atoms with Gasteiger partial charge in [0.1, 0.15) is 6.07 Å². The van der Waals surface area contributed by atoms with Crippen LogP contribution in [0.15, 0.2) is 5.51 Å². The molecular weight excluding hydrogens is 164 g/mol. The molecule has 11 heavy (non-hydrogen) atoms. The zero-order valence-electron chi connectivity index (χ0n) is 5.70. The second kappa shape index (κ2) is 3.12. The Labute approximate surface area is 67.1 Å². The van der Waals surface area contributed by atoms with Gasteiger partial charge in [0, 0.05) is 0 Å². The Balaban J connectivity index is 3.05. The first kappa shape index (κ1) is 7.69. The van der Waals surface area contributed by atoms with Gasteiger partial charge in [-0.25, -0.2) is 9.78 Å². The van der Waals surface area contributed by atoms with Crippen LogP contribution in [0.5, 0.6) is 0 Å². The summed E-state index contributed by atoms with van der Waals surface area (Å²) in [5, 5.41) is 8.44. The van der Waals surface area contributed by atoms with Crippen molar-refractivity contribution >= 4 is 17.3 Å². The summed E-state index contributed by atoms with van der Waals surface area (Å²) >= 11 is 1.10. The smallest absolute Gasteiger partial charge is 0.351 e. The SMILES string of the molecule is COC(=O)c1scnc1C#N. The van der Waals surface area contributed by atoms with E-state index in [1.54, 1.807) is 6.07 Å². The maximum Gasteiger partial charge on any atom is 0.351 e. The first-order chi connectivity index (χ1) is 5.29. The van der Waals surface area contributed by atoms with Crippen molar-refractivity contribution in [3.63, 3.8) is 0 Å². The van der Waals surface area contributed by atoms with Gasteiger partial charge in [0.15, 0.2) is 10.6 Å². The molecule has 0 aromatic carbocycles. The van der Waals surface area contributed by atoms with E-state index in [2.05, 4.69) is 9.72 Å². The maximum absolute atomic E-state index is 10.9. The van der Waals surface area contributed by atoms with E-state index in [-0.39, 0.29) is 10.6 Å². The van der Waals surface area contributed by atoms with E-state index in [1.165, 1.54) is 12.6 Å². The highest BCUT2D eigenvalue weighted by Crippen LogP contribution is 2.12. The van der Waals surface area contributed by atoms with Crippen molar-refractivity contribution in [3.8, 4) is 6.07 Å². The summed E-state index contributed by atoms with van der Waals surface area (Å²) in [6, 6.07) is 1.79. The lowest BCUT2D eigenvalue weighted by Crippen LogP contribution is -2.00. The van der Waals surface area contributed by atoms with E-state index in [4.69, 9.17) is 5.26 Å². The summed E-state index contributed by atoms with van der Waals surface area (Å²) in [5.74, 6) is -0.510. The van der Waals surface area contributed by atoms with Gasteiger partial charge in [0.2, 0.25) is 0 Å². The molecule has 5 heteroatoms. The quantitative estimate of drug-likeness (QED) is 0.582. The van der Waals surface area contributed by atoms with Gasteiger partial charge in [-0.1, -0.05) is 0 Å². The highest BCUT2D eigenvalue weighted by Gasteiger charge is 2.13. The minimum atomic E-state index is -0.510. The number of carbonyl (C=O) groups is 1. The minimum absolute atomic E-state index is 0.127. The monoisotopic (exact) mass is 168 g/mol. The average molecular weight is 168 g/mol. The van der Waals surface area contributed by atoms with Crippen molar-refractivity contribution in [2.45, 2.75) is 0 Å². The third-order valence-corrected chi connectivity index (χ3v) is 1.85. The van der Waals surface area contributed by atoms with Gasteiger partial charge >= 0.3 is 5.97 Å². The molecule has 1 rings (SSSR count). The fraction of sp³-hybridized carbons (Fsp3) is 0.167. The molecule has 0 N–H and O–H groups in total. The molecule has 4 nitrogen and oxygen atoms in total. The molecule has 0 unspecified atom stereocenters. The molecule has 0 aliphatic rings. The van der Waals surface area contributed by atoms with Crippen molar-refractivity contribution in [2.24, 2.45) is 0 Å². The van der Waals surface area contributed by atoms with E-state index >= 15 is 0 Å². The van der Waals surface area contributed by atoms with Crippen LogP contribution in [0.4, 0.5) is 0 Å². The molecule has 0 radical (unpaired) electrons. The van der Waals surface area contributed by atoms with Crippen LogP contribution in [-0.2, 0) is 4.74 Å². The molecule has 56 valence electrons. The van der Waals surface area contributed by atoms with Crippen molar-refractivity contribution in [3.05, 3.63) is 16.1 Å². The van der Waals surface area contributed by atoms with Crippen LogP contribution in [0.25, 0.3) is 0 Å². The summed E-state index contributed by atoms with van der Waals surface area (Å²) in [4.78, 5) is 14.8. The Morgan fingerprint density at radius 2 is 2.64 bits per heavy atom. The van der Waals surface area contributed by atoms with Gasteiger partial charge in [-0.2, -0.15) is 5.26 Å². The Morgan fingerprint density at radius 1 is 1.91 bits per heavy atom. The molecule has 0 saturated carbocycles. The largest absolute Gasteiger partial charge is 0.465 e. The molecule has 1 aromatic rings. The van der Waals surface area contributed by atoms with E-state index in [0.717, 1.165) is 11.3 Å². The lowest BCUT2D eigenvalue weighted by atomic mass is 10.4. The van der Waals surface area contributed by atoms with Gasteiger partial charge in [-0.3, -0.25) is 0 Å². The number of thiazole rings is 1. The first-order valence-corrected chi connectivity index (χ1v) is 3.59. The Kier molecular flexibility index (Phi) is 2.18. The third-order valence-electron chi connectivity index (χ3n) is 1.04. The topological polar surface area (TPSA) is 63.0 Å². The Hall–Kier alpha value is -1.41.